The molecule has 6 nitrogen and oxygen atoms in total. The summed E-state index contributed by atoms with van der Waals surface area (Å²) >= 11 is 1.66. The molecule has 1 radical (unpaired) electrons. The maximum atomic E-state index is 11.7. The van der Waals surface area contributed by atoms with Gasteiger partial charge in [-0.3, -0.25) is 14.8 Å². The number of aliphatic hydroxyl groups excluding tert-OH is 1. The van der Waals surface area contributed by atoms with Gasteiger partial charge in [0, 0.05) is 43.7 Å². The molecule has 8 heteroatoms. The van der Waals surface area contributed by atoms with E-state index in [-0.39, 0.29) is 43.5 Å². The number of fused-ring (bicyclic) bond motifs is 2. The van der Waals surface area contributed by atoms with Crippen LogP contribution in [0.25, 0.3) is 31.8 Å². The normalized spacial score (nSPS) is 11.5. The van der Waals surface area contributed by atoms with Crippen LogP contribution < -0.4 is 0 Å². The zero-order chi connectivity index (χ0) is 26.2. The van der Waals surface area contributed by atoms with E-state index in [0.29, 0.717) is 5.65 Å². The molecule has 4 rings (SSSR count). The fourth-order valence-electron chi connectivity index (χ4n) is 4.01. The van der Waals surface area contributed by atoms with Gasteiger partial charge in [-0.15, -0.1) is 23.6 Å². The molecule has 3 heterocycles. The van der Waals surface area contributed by atoms with Gasteiger partial charge in [-0.2, -0.15) is 0 Å². The van der Waals surface area contributed by atoms with Gasteiger partial charge in [-0.25, -0.2) is 21.3 Å². The van der Waals surface area contributed by atoms with Crippen LogP contribution in [0.2, 0.25) is 0 Å². The summed E-state index contributed by atoms with van der Waals surface area (Å²) < 4.78 is 1.19. The van der Waals surface area contributed by atoms with Crippen molar-refractivity contribution in [2.24, 2.45) is 11.8 Å². The van der Waals surface area contributed by atoms with Crippen molar-refractivity contribution in [3.8, 4) is 10.6 Å². The minimum absolute atomic E-state index is 0. The Kier molecular flexibility index (Phi) is 12.0. The fraction of sp³-hybridized carbons (Fsp3) is 0.414. The van der Waals surface area contributed by atoms with Crippen molar-refractivity contribution >= 4 is 38.4 Å². The number of rotatable bonds is 8. The molecule has 37 heavy (non-hydrogen) atoms. The summed E-state index contributed by atoms with van der Waals surface area (Å²) in [5.74, 6) is 0.547. The van der Waals surface area contributed by atoms with Crippen molar-refractivity contribution < 1.29 is 30.0 Å². The van der Waals surface area contributed by atoms with E-state index in [1.807, 2.05) is 53.7 Å². The molecule has 1 N–H and O–H groups in total. The standard InChI is InChI=1S/C16H11N4S.C13H24O2.Ir/c1-9-10(2)20-16-15(19-9)14(17-8-18-16)13-7-11-5-3-4-6-12(11)21-13;1-5-10(6-2)12(14)9-13(15)11(7-3)8-4;/h3-6,8H,1-2H3;9-11,14H,5-8H2,1-4H3;/q-1;;. The summed E-state index contributed by atoms with van der Waals surface area (Å²) in [7, 11) is 0. The Morgan fingerprint density at radius 2 is 1.59 bits per heavy atom. The summed E-state index contributed by atoms with van der Waals surface area (Å²) in [6.45, 7) is 12.0. The van der Waals surface area contributed by atoms with Crippen LogP contribution in [0.15, 0.2) is 42.4 Å². The van der Waals surface area contributed by atoms with Crippen molar-refractivity contribution in [3.05, 3.63) is 59.9 Å². The minimum atomic E-state index is 0. The molecule has 0 saturated carbocycles. The zero-order valence-electron chi connectivity index (χ0n) is 22.3. The molecule has 0 aliphatic carbocycles. The van der Waals surface area contributed by atoms with Gasteiger partial charge in [0.25, 0.3) is 0 Å². The number of hydrogen-bond donors (Lipinski definition) is 1. The zero-order valence-corrected chi connectivity index (χ0v) is 25.5. The van der Waals surface area contributed by atoms with Gasteiger partial charge in [-0.1, -0.05) is 39.8 Å². The second kappa shape index (κ2) is 14.4. The number of thiophene rings is 1. The first kappa shape index (κ1) is 30.7. The third-order valence-corrected chi connectivity index (χ3v) is 7.60. The van der Waals surface area contributed by atoms with Gasteiger partial charge >= 0.3 is 0 Å². The number of benzene rings is 1. The van der Waals surface area contributed by atoms with E-state index in [1.165, 1.54) is 10.8 Å². The molecule has 0 amide bonds. The molecule has 0 bridgehead atoms. The van der Waals surface area contributed by atoms with Crippen LogP contribution in [0.4, 0.5) is 0 Å². The number of aromatic nitrogens is 4. The first-order valence-corrected chi connectivity index (χ1v) is 13.5. The monoisotopic (exact) mass is 696 g/mol. The largest absolute Gasteiger partial charge is 0.512 e. The van der Waals surface area contributed by atoms with Crippen LogP contribution in [0.3, 0.4) is 0 Å². The third-order valence-electron chi connectivity index (χ3n) is 6.52. The number of aliphatic hydroxyl groups is 1. The van der Waals surface area contributed by atoms with Gasteiger partial charge in [0.15, 0.2) is 11.4 Å². The van der Waals surface area contributed by atoms with Crippen LogP contribution in [-0.2, 0) is 24.9 Å². The maximum absolute atomic E-state index is 11.7. The summed E-state index contributed by atoms with van der Waals surface area (Å²) in [6.07, 6.45) is 6.45. The Hall–Kier alpha value is -2.54. The Morgan fingerprint density at radius 3 is 2.22 bits per heavy atom. The van der Waals surface area contributed by atoms with E-state index in [0.717, 1.165) is 58.5 Å². The van der Waals surface area contributed by atoms with Gasteiger partial charge in [-0.05, 0) is 49.1 Å². The quantitative estimate of drug-likeness (QED) is 0.116. The summed E-state index contributed by atoms with van der Waals surface area (Å²) in [5, 5.41) is 10.9. The number of ketones is 1. The smallest absolute Gasteiger partial charge is 0.172 e. The van der Waals surface area contributed by atoms with Gasteiger partial charge in [0.1, 0.15) is 6.33 Å². The molecule has 0 fully saturated rings. The molecule has 0 unspecified atom stereocenters. The van der Waals surface area contributed by atoms with Crippen molar-refractivity contribution in [1.82, 2.24) is 19.9 Å². The topological polar surface area (TPSA) is 88.9 Å². The Morgan fingerprint density at radius 1 is 0.973 bits per heavy atom. The predicted molar refractivity (Wildman–Crippen MR) is 148 cm³/mol. The number of allylic oxidation sites excluding steroid dienone is 2. The maximum Gasteiger partial charge on any atom is 0.172 e. The molecule has 3 aromatic heterocycles. The average Bonchev–Trinajstić information content (AvgIpc) is 3.30. The SMILES string of the molecule is CCC(CC)C(=O)C=C(O)C(CC)CC.Cc1nc2ncnc(-c3[c-]c4ccccc4s3)c2nc1C.[Ir]. The molecule has 0 saturated heterocycles. The van der Waals surface area contributed by atoms with Gasteiger partial charge in [0.2, 0.25) is 0 Å². The number of carbonyl (C=O) groups is 1. The number of hydrogen-bond acceptors (Lipinski definition) is 7. The van der Waals surface area contributed by atoms with E-state index in [1.54, 1.807) is 17.7 Å². The van der Waals surface area contributed by atoms with E-state index >= 15 is 0 Å². The van der Waals surface area contributed by atoms with Gasteiger partial charge < -0.3 is 5.11 Å². The molecule has 1 aromatic carbocycles. The summed E-state index contributed by atoms with van der Waals surface area (Å²) in [5.41, 5.74) is 3.97. The van der Waals surface area contributed by atoms with E-state index in [9.17, 15) is 9.90 Å². The van der Waals surface area contributed by atoms with Crippen molar-refractivity contribution in [3.63, 3.8) is 0 Å². The Labute approximate surface area is 237 Å². The molecule has 0 spiro atoms. The molecule has 0 aliphatic rings. The van der Waals surface area contributed by atoms with Crippen LogP contribution in [0.5, 0.6) is 0 Å². The summed E-state index contributed by atoms with van der Waals surface area (Å²) in [4.78, 5) is 30.4. The Bertz CT molecular complexity index is 1330. The van der Waals surface area contributed by atoms with Crippen molar-refractivity contribution in [2.75, 3.05) is 0 Å². The molecule has 199 valence electrons. The second-order valence-electron chi connectivity index (χ2n) is 8.84. The van der Waals surface area contributed by atoms with Gasteiger partial charge in [0.05, 0.1) is 22.7 Å². The van der Waals surface area contributed by atoms with Crippen molar-refractivity contribution in [1.29, 1.82) is 0 Å². The first-order chi connectivity index (χ1) is 17.3. The molecule has 4 aromatic rings. The third kappa shape index (κ3) is 7.50. The number of nitrogens with zero attached hydrogens (tertiary/aromatic N) is 4. The minimum Gasteiger partial charge on any atom is -0.512 e. The second-order valence-corrected chi connectivity index (χ2v) is 9.89. The number of carbonyl (C=O) groups excluding carboxylic acids is 1. The molecular formula is C29H35IrN4O2S-. The van der Waals surface area contributed by atoms with Crippen LogP contribution in [0.1, 0.15) is 64.8 Å². The Balaban J connectivity index is 0.000000271. The van der Waals surface area contributed by atoms with Crippen molar-refractivity contribution in [2.45, 2.75) is 67.2 Å². The summed E-state index contributed by atoms with van der Waals surface area (Å²) in [6, 6.07) is 11.6. The van der Waals surface area contributed by atoms with E-state index < -0.39 is 0 Å². The van der Waals surface area contributed by atoms with Crippen LogP contribution >= 0.6 is 11.3 Å². The van der Waals surface area contributed by atoms with Crippen LogP contribution in [-0.4, -0.2) is 30.8 Å². The predicted octanol–water partition coefficient (Wildman–Crippen LogP) is 7.59. The number of aryl methyl sites for hydroxylation is 2. The molecule has 0 aliphatic heterocycles. The molecule has 0 atom stereocenters. The van der Waals surface area contributed by atoms with E-state index in [4.69, 9.17) is 0 Å². The average molecular weight is 696 g/mol. The van der Waals surface area contributed by atoms with Crippen LogP contribution in [0, 0.1) is 31.7 Å². The molecular weight excluding hydrogens is 661 g/mol. The fourth-order valence-corrected chi connectivity index (χ4v) is 5.02. The van der Waals surface area contributed by atoms with E-state index in [2.05, 4.69) is 38.1 Å². The first-order valence-electron chi connectivity index (χ1n) is 12.6.